The fourth-order valence-electron chi connectivity index (χ4n) is 4.49. The van der Waals surface area contributed by atoms with Crippen molar-refractivity contribution >= 4 is 34.0 Å². The number of carbonyl (C=O) groups is 1. The monoisotopic (exact) mass is 536 g/mol. The molecule has 0 bridgehead atoms. The quantitative estimate of drug-likeness (QED) is 0.311. The van der Waals surface area contributed by atoms with Crippen LogP contribution in [0.1, 0.15) is 12.8 Å². The summed E-state index contributed by atoms with van der Waals surface area (Å²) >= 11 is 0. The van der Waals surface area contributed by atoms with Crippen LogP contribution in [0.5, 0.6) is 11.5 Å². The van der Waals surface area contributed by atoms with Crippen molar-refractivity contribution in [2.45, 2.75) is 25.4 Å². The maximum atomic E-state index is 13.8. The topological polar surface area (TPSA) is 106 Å². The number of halogens is 2. The number of hydrogen-bond acceptors (Lipinski definition) is 8. The molecule has 0 spiro atoms. The summed E-state index contributed by atoms with van der Waals surface area (Å²) in [6.07, 6.45) is 6.81. The minimum atomic E-state index is -1.12. The molecule has 2 aromatic heterocycles. The Labute approximate surface area is 223 Å². The minimum Gasteiger partial charge on any atom is -0.493 e. The summed E-state index contributed by atoms with van der Waals surface area (Å²) in [5.74, 6) is -1.08. The van der Waals surface area contributed by atoms with Crippen LogP contribution in [0.3, 0.4) is 0 Å². The Balaban J connectivity index is 1.26. The summed E-state index contributed by atoms with van der Waals surface area (Å²) in [5.41, 5.74) is 0.980. The maximum Gasteiger partial charge on any atom is 0.246 e. The lowest BCUT2D eigenvalue weighted by molar-refractivity contribution is -0.116. The summed E-state index contributed by atoms with van der Waals surface area (Å²) in [5, 5.41) is 10.4. The number of carbonyl (C=O) groups excluding carboxylic acids is 1. The van der Waals surface area contributed by atoms with Gasteiger partial charge >= 0.3 is 0 Å². The molecule has 5 rings (SSSR count). The van der Waals surface area contributed by atoms with E-state index >= 15 is 0 Å². The highest BCUT2D eigenvalue weighted by Gasteiger charge is 2.20. The van der Waals surface area contributed by atoms with Crippen LogP contribution in [0.25, 0.3) is 10.9 Å². The zero-order chi connectivity index (χ0) is 27.4. The summed E-state index contributed by atoms with van der Waals surface area (Å²) in [6.45, 7) is 6.28. The van der Waals surface area contributed by atoms with Crippen molar-refractivity contribution in [3.8, 4) is 11.5 Å². The van der Waals surface area contributed by atoms with Crippen LogP contribution in [0.4, 0.5) is 26.0 Å². The number of benzene rings is 2. The lowest BCUT2D eigenvalue weighted by Crippen LogP contribution is -2.31. The van der Waals surface area contributed by atoms with Gasteiger partial charge in [-0.05, 0) is 44.5 Å². The van der Waals surface area contributed by atoms with E-state index in [9.17, 15) is 13.6 Å². The van der Waals surface area contributed by atoms with Gasteiger partial charge in [0.2, 0.25) is 5.91 Å². The van der Waals surface area contributed by atoms with Crippen molar-refractivity contribution < 1.29 is 23.0 Å². The van der Waals surface area contributed by atoms with Gasteiger partial charge in [0.05, 0.1) is 30.2 Å². The van der Waals surface area contributed by atoms with Gasteiger partial charge in [0.15, 0.2) is 23.1 Å². The Bertz CT molecular complexity index is 1480. The Hall–Kier alpha value is -4.32. The van der Waals surface area contributed by atoms with Gasteiger partial charge in [-0.15, -0.1) is 0 Å². The number of nitrogens with zero attached hydrogens (tertiary/aromatic N) is 5. The predicted molar refractivity (Wildman–Crippen MR) is 142 cm³/mol. The van der Waals surface area contributed by atoms with Gasteiger partial charge in [0.1, 0.15) is 25.3 Å². The smallest absolute Gasteiger partial charge is 0.246 e. The first kappa shape index (κ1) is 26.3. The van der Waals surface area contributed by atoms with E-state index in [4.69, 9.17) is 9.47 Å². The third kappa shape index (κ3) is 6.06. The molecule has 1 radical (unpaired) electrons. The summed E-state index contributed by atoms with van der Waals surface area (Å²) < 4.78 is 40.2. The van der Waals surface area contributed by atoms with Crippen LogP contribution in [0, 0.1) is 18.6 Å². The second-order valence-electron chi connectivity index (χ2n) is 9.12. The highest BCUT2D eigenvalue weighted by Crippen LogP contribution is 2.34. The number of hydrogen-bond donors (Lipinski definition) is 2. The van der Waals surface area contributed by atoms with Crippen LogP contribution in [0.2, 0.25) is 0 Å². The summed E-state index contributed by atoms with van der Waals surface area (Å²) in [7, 11) is 1.57. The molecular weight excluding hydrogens is 508 g/mol. The number of nitrogens with one attached hydrogen (secondary N) is 2. The summed E-state index contributed by atoms with van der Waals surface area (Å²) in [6, 6.07) is 7.51. The molecule has 1 atom stereocenters. The Kier molecular flexibility index (Phi) is 7.82. The second-order valence-corrected chi connectivity index (χ2v) is 9.12. The van der Waals surface area contributed by atoms with Gasteiger partial charge in [0, 0.05) is 30.2 Å². The highest BCUT2D eigenvalue weighted by molar-refractivity contribution is 5.93. The largest absolute Gasteiger partial charge is 0.493 e. The number of likely N-dealkylation sites (tertiary alicyclic amines) is 1. The standard InChI is InChI=1S/C27H28F2N7O3/c1-17-5-4-8-35(17)9-10-39-24-12-22-19(11-23(24)38-2)27(31-16-30-22)33-18-13-32-36(14-18)15-25(37)34-21-7-3-6-20(28)26(21)29/h3,6-7,11-14,16-17H,1,4-5,8-10,15H2,2H3,(H,34,37)(H,30,31,33)/t17-/m1/s1. The van der Waals surface area contributed by atoms with Crippen molar-refractivity contribution in [1.29, 1.82) is 0 Å². The van der Waals surface area contributed by atoms with Crippen LogP contribution in [-0.4, -0.2) is 63.4 Å². The van der Waals surface area contributed by atoms with E-state index in [0.717, 1.165) is 32.0 Å². The average molecular weight is 537 g/mol. The molecule has 203 valence electrons. The number of rotatable bonds is 10. The molecule has 39 heavy (non-hydrogen) atoms. The van der Waals surface area contributed by atoms with Crippen molar-refractivity contribution in [3.63, 3.8) is 0 Å². The van der Waals surface area contributed by atoms with Gasteiger partial charge in [-0.1, -0.05) is 6.07 Å². The first-order valence-electron chi connectivity index (χ1n) is 12.5. The molecule has 0 unspecified atom stereocenters. The molecule has 0 saturated carbocycles. The Morgan fingerprint density at radius 1 is 1.23 bits per heavy atom. The first-order valence-corrected chi connectivity index (χ1v) is 12.5. The fraction of sp³-hybridized carbons (Fsp3) is 0.296. The maximum absolute atomic E-state index is 13.8. The van der Waals surface area contributed by atoms with Crippen molar-refractivity contribution in [2.24, 2.45) is 0 Å². The lowest BCUT2D eigenvalue weighted by Gasteiger charge is -2.21. The number of methoxy groups -OCH3 is 1. The van der Waals surface area contributed by atoms with Crippen molar-refractivity contribution in [2.75, 3.05) is 37.4 Å². The minimum absolute atomic E-state index is 0.205. The van der Waals surface area contributed by atoms with E-state index in [2.05, 4.69) is 37.5 Å². The first-order chi connectivity index (χ1) is 18.9. The van der Waals surface area contributed by atoms with E-state index in [-0.39, 0.29) is 12.2 Å². The third-order valence-corrected chi connectivity index (χ3v) is 6.48. The molecule has 2 N–H and O–H groups in total. The molecule has 12 heteroatoms. The van der Waals surface area contributed by atoms with Gasteiger partial charge in [0.25, 0.3) is 0 Å². The van der Waals surface area contributed by atoms with E-state index in [0.29, 0.717) is 46.6 Å². The zero-order valence-electron chi connectivity index (χ0n) is 21.4. The van der Waals surface area contributed by atoms with Gasteiger partial charge in [-0.2, -0.15) is 5.10 Å². The van der Waals surface area contributed by atoms with Gasteiger partial charge in [-0.3, -0.25) is 14.4 Å². The molecule has 0 aliphatic carbocycles. The second kappa shape index (κ2) is 11.6. The normalized spacial score (nSPS) is 15.4. The van der Waals surface area contributed by atoms with Crippen molar-refractivity contribution in [1.82, 2.24) is 24.6 Å². The number of fused-ring (bicyclic) bond motifs is 1. The SMILES string of the molecule is [CH2][C@@H]1CCCN1CCOc1cc2ncnc(Nc3cnn(CC(=O)Nc4cccc(F)c4F)c3)c2cc1OC. The zero-order valence-corrected chi connectivity index (χ0v) is 21.4. The lowest BCUT2D eigenvalue weighted by atomic mass is 10.2. The number of anilines is 3. The molecule has 10 nitrogen and oxygen atoms in total. The van der Waals surface area contributed by atoms with Crippen LogP contribution < -0.4 is 20.1 Å². The predicted octanol–water partition coefficient (Wildman–Crippen LogP) is 4.17. The van der Waals surface area contributed by atoms with E-state index < -0.39 is 17.5 Å². The number of amides is 1. The number of aromatic nitrogens is 4. The molecule has 1 fully saturated rings. The molecule has 2 aromatic carbocycles. The molecule has 1 aliphatic heterocycles. The molecule has 1 aliphatic rings. The Morgan fingerprint density at radius 3 is 2.90 bits per heavy atom. The third-order valence-electron chi connectivity index (χ3n) is 6.48. The van der Waals surface area contributed by atoms with Crippen molar-refractivity contribution in [3.05, 3.63) is 67.6 Å². The molecule has 1 amide bonds. The number of ether oxygens (including phenoxy) is 2. The Morgan fingerprint density at radius 2 is 2.10 bits per heavy atom. The van der Waals surface area contributed by atoms with Crippen LogP contribution >= 0.6 is 0 Å². The van der Waals surface area contributed by atoms with E-state index in [1.165, 1.54) is 29.3 Å². The highest BCUT2D eigenvalue weighted by atomic mass is 19.2. The molecule has 4 aromatic rings. The van der Waals surface area contributed by atoms with Crippen LogP contribution in [0.15, 0.2) is 49.1 Å². The van der Waals surface area contributed by atoms with Crippen LogP contribution in [-0.2, 0) is 11.3 Å². The molecule has 3 heterocycles. The van der Waals surface area contributed by atoms with E-state index in [1.807, 2.05) is 6.07 Å². The van der Waals surface area contributed by atoms with E-state index in [1.54, 1.807) is 19.4 Å². The van der Waals surface area contributed by atoms with Gasteiger partial charge < -0.3 is 20.1 Å². The summed E-state index contributed by atoms with van der Waals surface area (Å²) in [4.78, 5) is 23.4. The molecular formula is C27H28F2N7O3. The molecule has 1 saturated heterocycles. The van der Waals surface area contributed by atoms with Gasteiger partial charge in [-0.25, -0.2) is 18.7 Å². The average Bonchev–Trinajstić information content (AvgIpc) is 3.54. The fourth-order valence-corrected chi connectivity index (χ4v) is 4.49.